The van der Waals surface area contributed by atoms with Crippen molar-refractivity contribution in [2.24, 2.45) is 0 Å². The van der Waals surface area contributed by atoms with Crippen molar-refractivity contribution in [3.05, 3.63) is 77.6 Å². The number of halogens is 3. The Balaban J connectivity index is 0.000000194. The van der Waals surface area contributed by atoms with Gasteiger partial charge in [0, 0.05) is 9.75 Å². The minimum absolute atomic E-state index is 0. The number of aryl methyl sites for hydroxylation is 2. The van der Waals surface area contributed by atoms with E-state index in [4.69, 9.17) is 23.1 Å². The molecule has 81 heavy (non-hydrogen) atoms. The number of hydrogen-bond acceptors (Lipinski definition) is 12. The predicted octanol–water partition coefficient (Wildman–Crippen LogP) is 24.1. The fraction of sp³-hybridized carbons (Fsp3) is 0.484. The van der Waals surface area contributed by atoms with Crippen LogP contribution in [0.2, 0.25) is 49.9 Å². The van der Waals surface area contributed by atoms with Crippen molar-refractivity contribution >= 4 is 233 Å². The Hall–Kier alpha value is -0.294. The number of hydrogen-bond donors (Lipinski definition) is 0. The summed E-state index contributed by atoms with van der Waals surface area (Å²) >= 11 is 15.0. The van der Waals surface area contributed by atoms with Crippen molar-refractivity contribution in [1.29, 1.82) is 3.12 Å². The molecule has 0 aliphatic rings. The first kappa shape index (κ1) is 62.3. The van der Waals surface area contributed by atoms with Crippen molar-refractivity contribution < 1.29 is 0 Å². The number of benzene rings is 2. The Morgan fingerprint density at radius 2 is 0.765 bits per heavy atom. The van der Waals surface area contributed by atoms with Gasteiger partial charge in [0.25, 0.3) is 0 Å². The van der Waals surface area contributed by atoms with Crippen molar-refractivity contribution in [2.45, 2.75) is 196 Å². The fourth-order valence-electron chi connectivity index (χ4n) is 13.8. The third-order valence-corrected chi connectivity index (χ3v) is 64.8. The summed E-state index contributed by atoms with van der Waals surface area (Å²) in [6, 6.07) is 22.7. The van der Waals surface area contributed by atoms with Crippen LogP contribution in [0, 0.1) is 21.0 Å². The van der Waals surface area contributed by atoms with Gasteiger partial charge in [-0.25, -0.2) is 19.9 Å². The second-order valence-electron chi connectivity index (χ2n) is 24.2. The van der Waals surface area contributed by atoms with Crippen LogP contribution in [-0.4, -0.2) is 50.4 Å². The van der Waals surface area contributed by atoms with E-state index >= 15 is 0 Å². The Morgan fingerprint density at radius 3 is 1.04 bits per heavy atom. The minimum atomic E-state index is -4.87. The van der Waals surface area contributed by atoms with Crippen LogP contribution in [0.15, 0.2) is 60.7 Å². The quantitative estimate of drug-likeness (QED) is 0.0518. The number of thiazole rings is 4. The van der Waals surface area contributed by atoms with Crippen molar-refractivity contribution in [2.75, 3.05) is 0 Å². The number of nitrogens with zero attached hydrogens (tertiary/aromatic N) is 4. The Morgan fingerprint density at radius 1 is 0.457 bits per heavy atom. The molecule has 0 unspecified atom stereocenters. The molecule has 4 nitrogen and oxygen atoms in total. The van der Waals surface area contributed by atoms with Gasteiger partial charge in [0.2, 0.25) is 0 Å². The van der Waals surface area contributed by atoms with Gasteiger partial charge in [-0.1, -0.05) is 103 Å². The zero-order valence-corrected chi connectivity index (χ0v) is 66.2. The third-order valence-electron chi connectivity index (χ3n) is 16.9. The average molecular weight is 1630 g/mol. The van der Waals surface area contributed by atoms with Crippen LogP contribution in [-0.2, 0) is 0 Å². The molecular weight excluding hydrogens is 1530 g/mol. The molecule has 0 saturated heterocycles. The number of thiophene rings is 4. The van der Waals surface area contributed by atoms with Gasteiger partial charge in [-0.15, -0.1) is 90.7 Å². The first-order chi connectivity index (χ1) is 39.2. The molecule has 0 aliphatic heterocycles. The van der Waals surface area contributed by atoms with Crippen LogP contribution in [0.4, 0.5) is 0 Å². The molecule has 19 heteroatoms. The number of fused-ring (bicyclic) bond motifs is 4. The zero-order chi connectivity index (χ0) is 62.1. The van der Waals surface area contributed by atoms with E-state index in [0.717, 1.165) is 64.4 Å². The number of aromatic nitrogens is 4. The molecule has 0 aliphatic carbocycles. The molecule has 0 atom stereocenters. The SMILES string of the molecule is C.Cc1ccc(-c2nc3c(I)c4sc(-c5ccc([Si](C(C)C)(C(C)C)C(C)C)s5)nc4c(I)c3s2)s1.Cc1ccc(-c2nc3cc4sc(-c5ccc([Si](C(C)C)(C(C)C)C(C)C)s5)nc4cc3s2)s1.[2H]I([2H])([3H])([B][3H])[Si](C(C)C)(C(C)C)C(C)C. The molecule has 8 aromatic heterocycles. The van der Waals surface area contributed by atoms with Gasteiger partial charge < -0.3 is 0 Å². The summed E-state index contributed by atoms with van der Waals surface area (Å²) in [4.78, 5) is 28.1. The Labute approximate surface area is 561 Å². The van der Waals surface area contributed by atoms with E-state index < -0.39 is 41.3 Å². The summed E-state index contributed by atoms with van der Waals surface area (Å²) in [5, 5.41) is 4.53. The van der Waals surface area contributed by atoms with E-state index in [-0.39, 0.29) is 24.1 Å². The molecular formula is C62H87BI3N4S8Si3. The second kappa shape index (κ2) is 27.6. The van der Waals surface area contributed by atoms with Gasteiger partial charge in [0.15, 0.2) is 0 Å². The molecule has 0 saturated carbocycles. The van der Waals surface area contributed by atoms with Crippen molar-refractivity contribution in [3.63, 3.8) is 0 Å². The summed E-state index contributed by atoms with van der Waals surface area (Å²) < 4.78 is 43.3. The molecule has 0 amide bonds. The monoisotopic (exact) mass is 1630 g/mol. The van der Waals surface area contributed by atoms with Crippen LogP contribution >= 0.6 is 155 Å². The van der Waals surface area contributed by atoms with E-state index in [1.807, 2.05) is 56.7 Å². The van der Waals surface area contributed by atoms with E-state index in [1.54, 1.807) is 43.0 Å². The van der Waals surface area contributed by atoms with E-state index in [9.17, 15) is 0 Å². The molecule has 1 radical (unpaired) electrons. The van der Waals surface area contributed by atoms with Gasteiger partial charge in [0.05, 0.1) is 67.5 Å². The average Bonchev–Trinajstić information content (AvgIpc) is 1.70. The summed E-state index contributed by atoms with van der Waals surface area (Å²) in [5.74, 6) is 0. The summed E-state index contributed by atoms with van der Waals surface area (Å²) in [6.45, 7) is 45.9. The molecule has 0 N–H and O–H groups in total. The molecule has 0 spiro atoms. The molecule has 2 aromatic carbocycles. The van der Waals surface area contributed by atoms with E-state index in [1.165, 1.54) is 55.2 Å². The third kappa shape index (κ3) is 13.0. The zero-order valence-electron chi connectivity index (χ0n) is 54.2. The maximum absolute atomic E-state index is 8.36. The first-order valence-electron chi connectivity index (χ1n) is 29.8. The van der Waals surface area contributed by atoms with Crippen molar-refractivity contribution in [3.8, 4) is 39.5 Å². The van der Waals surface area contributed by atoms with Crippen LogP contribution in [0.25, 0.3) is 80.4 Å². The van der Waals surface area contributed by atoms with E-state index in [0.29, 0.717) is 16.6 Å². The summed E-state index contributed by atoms with van der Waals surface area (Å²) in [6.07, 6.45) is 0. The molecule has 10 aromatic rings. The summed E-state index contributed by atoms with van der Waals surface area (Å²) in [7, 11) is -3.29. The second-order valence-corrected chi connectivity index (χ2v) is 60.4. The van der Waals surface area contributed by atoms with Crippen LogP contribution < -0.4 is 9.00 Å². The number of rotatable bonds is 17. The van der Waals surface area contributed by atoms with Gasteiger partial charge in [-0.2, -0.15) is 0 Å². The van der Waals surface area contributed by atoms with E-state index in [2.05, 4.69) is 244 Å². The topological polar surface area (TPSA) is 51.6 Å². The normalized spacial score (nSPS) is 14.2. The molecule has 0 bridgehead atoms. The maximum atomic E-state index is 8.36. The van der Waals surface area contributed by atoms with Gasteiger partial charge >= 0.3 is 92.1 Å². The molecule has 10 rings (SSSR count). The van der Waals surface area contributed by atoms with Crippen LogP contribution in [0.5, 0.6) is 0 Å². The predicted molar refractivity (Wildman–Crippen MR) is 418 cm³/mol. The van der Waals surface area contributed by atoms with Gasteiger partial charge in [0.1, 0.15) is 36.2 Å². The fourth-order valence-corrected chi connectivity index (χ4v) is 53.2. The summed E-state index contributed by atoms with van der Waals surface area (Å²) in [5.41, 5.74) is 7.87. The van der Waals surface area contributed by atoms with Crippen molar-refractivity contribution in [1.82, 2.24) is 19.9 Å². The van der Waals surface area contributed by atoms with Crippen LogP contribution in [0.1, 0.15) is 142 Å². The van der Waals surface area contributed by atoms with Gasteiger partial charge in [-0.3, -0.25) is 0 Å². The molecule has 0 fully saturated rings. The molecule has 8 heterocycles. The van der Waals surface area contributed by atoms with Crippen LogP contribution in [0.3, 0.4) is 0 Å². The molecule has 439 valence electrons. The first-order valence-corrected chi connectivity index (χ1v) is 47.9. The Bertz CT molecular complexity index is 3760. The Kier molecular flexibility index (Phi) is 21.2. The standard InChI is InChI=1S/C26H28I2N2S4Si.C26H30N2S4Si.C9H25BISi.CH4/c1-12(2)35(13(3)4,14(5)6)18-11-10-17(32-18)26-30-22-20(28)23-21(19(27)24(22)34-26)29-25(33-23)16-9-8-15(7)31-16;1-14(2)33(15(3)4,16(5)6)24-11-10-21(30-24)26-28-19-13-22-18(12-23(19)32-26)27-25(31-22)20-9-8-17(7)29-20;1-7(2)12(11-10,8(3)4)9(5)6;/h8-14H,1-7H3;8-16H,1-7H3;7-10H,1-6,11H3;1H4/i;;10T,11TD2;. The van der Waals surface area contributed by atoms with Gasteiger partial charge in [-0.05, 0) is 150 Å².